The Kier molecular flexibility index (Phi) is 5.28. The highest BCUT2D eigenvalue weighted by Gasteiger charge is 2.33. The van der Waals surface area contributed by atoms with Crippen molar-refractivity contribution in [2.45, 2.75) is 19.8 Å². The third kappa shape index (κ3) is 3.56. The number of aromatic nitrogens is 1. The molecule has 136 valence electrons. The first-order chi connectivity index (χ1) is 13.1. The molecule has 0 spiro atoms. The summed E-state index contributed by atoms with van der Waals surface area (Å²) in [4.78, 5) is 4.37. The van der Waals surface area contributed by atoms with Gasteiger partial charge in [0.15, 0.2) is 0 Å². The van der Waals surface area contributed by atoms with Crippen LogP contribution in [0.1, 0.15) is 25.3 Å². The van der Waals surface area contributed by atoms with E-state index < -0.39 is 0 Å². The zero-order valence-corrected chi connectivity index (χ0v) is 15.4. The fourth-order valence-electron chi connectivity index (χ4n) is 3.21. The molecular formula is C22H21N3O2. The molecule has 0 amide bonds. The molecule has 2 heterocycles. The molecule has 5 nitrogen and oxygen atoms in total. The molecule has 1 unspecified atom stereocenters. The molecule has 0 saturated heterocycles. The summed E-state index contributed by atoms with van der Waals surface area (Å²) >= 11 is 0. The van der Waals surface area contributed by atoms with Crippen molar-refractivity contribution >= 4 is 0 Å². The Balaban J connectivity index is 2.06. The van der Waals surface area contributed by atoms with Crippen LogP contribution in [0.2, 0.25) is 0 Å². The number of nitriles is 1. The first kappa shape index (κ1) is 18.3. The Bertz CT molecular complexity index is 951. The zero-order valence-electron chi connectivity index (χ0n) is 15.4. The van der Waals surface area contributed by atoms with Crippen LogP contribution in [0.3, 0.4) is 0 Å². The van der Waals surface area contributed by atoms with Crippen LogP contribution in [-0.4, -0.2) is 11.6 Å². The number of rotatable bonds is 5. The van der Waals surface area contributed by atoms with E-state index in [-0.39, 0.29) is 11.8 Å². The molecule has 27 heavy (non-hydrogen) atoms. The molecule has 2 N–H and O–H groups in total. The van der Waals surface area contributed by atoms with Crippen LogP contribution in [0.4, 0.5) is 0 Å². The lowest BCUT2D eigenvalue weighted by atomic mass is 9.82. The number of hydrogen-bond acceptors (Lipinski definition) is 5. The molecule has 0 radical (unpaired) electrons. The molecule has 5 heteroatoms. The lowest BCUT2D eigenvalue weighted by molar-refractivity contribution is 0.222. The number of hydrogen-bond donors (Lipinski definition) is 1. The average molecular weight is 359 g/mol. The summed E-state index contributed by atoms with van der Waals surface area (Å²) in [6.07, 6.45) is 1.76. The summed E-state index contributed by atoms with van der Waals surface area (Å²) in [5, 5.41) is 9.67. The number of allylic oxidation sites excluding steroid dienone is 3. The highest BCUT2D eigenvalue weighted by molar-refractivity contribution is 5.61. The van der Waals surface area contributed by atoms with Gasteiger partial charge in [-0.3, -0.25) is 4.98 Å². The molecule has 1 aliphatic heterocycles. The molecule has 1 aromatic heterocycles. The van der Waals surface area contributed by atoms with Crippen molar-refractivity contribution in [1.29, 1.82) is 5.26 Å². The SMILES string of the molecule is C=C(OCC)C1=C(C)OC(N)=C(C#N)C1c1ccc(-c2ccccn2)cc1. The molecule has 0 fully saturated rings. The normalized spacial score (nSPS) is 16.6. The topological polar surface area (TPSA) is 81.2 Å². The summed E-state index contributed by atoms with van der Waals surface area (Å²) in [7, 11) is 0. The molecule has 1 aliphatic rings. The number of nitrogens with two attached hydrogens (primary N) is 1. The summed E-state index contributed by atoms with van der Waals surface area (Å²) in [6, 6.07) is 15.9. The van der Waals surface area contributed by atoms with Crippen molar-refractivity contribution in [1.82, 2.24) is 4.98 Å². The molecule has 1 atom stereocenters. The van der Waals surface area contributed by atoms with Crippen LogP contribution >= 0.6 is 0 Å². The molecule has 0 bridgehead atoms. The van der Waals surface area contributed by atoms with Gasteiger partial charge in [-0.25, -0.2) is 0 Å². The summed E-state index contributed by atoms with van der Waals surface area (Å²) in [5.74, 6) is 0.792. The van der Waals surface area contributed by atoms with Gasteiger partial charge >= 0.3 is 0 Å². The van der Waals surface area contributed by atoms with Gasteiger partial charge in [0.05, 0.1) is 18.2 Å². The maximum atomic E-state index is 9.67. The quantitative estimate of drug-likeness (QED) is 0.801. The summed E-state index contributed by atoms with van der Waals surface area (Å²) in [6.45, 7) is 8.17. The zero-order chi connectivity index (χ0) is 19.4. The second-order valence-corrected chi connectivity index (χ2v) is 6.09. The van der Waals surface area contributed by atoms with Crippen LogP contribution in [0.15, 0.2) is 83.8 Å². The first-order valence-corrected chi connectivity index (χ1v) is 8.68. The van der Waals surface area contributed by atoms with Gasteiger partial charge in [-0.05, 0) is 31.5 Å². The van der Waals surface area contributed by atoms with Gasteiger partial charge in [-0.15, -0.1) is 0 Å². The Hall–Kier alpha value is -3.52. The summed E-state index contributed by atoms with van der Waals surface area (Å²) < 4.78 is 11.2. The molecule has 2 aromatic rings. The van der Waals surface area contributed by atoms with Crippen LogP contribution in [0.25, 0.3) is 11.3 Å². The number of benzene rings is 1. The third-order valence-electron chi connectivity index (χ3n) is 4.43. The molecule has 0 saturated carbocycles. The van der Waals surface area contributed by atoms with Crippen LogP contribution in [0.5, 0.6) is 0 Å². The first-order valence-electron chi connectivity index (χ1n) is 8.68. The van der Waals surface area contributed by atoms with Crippen molar-refractivity contribution in [3.05, 3.63) is 89.4 Å². The van der Waals surface area contributed by atoms with Gasteiger partial charge in [-0.2, -0.15) is 5.26 Å². The molecular weight excluding hydrogens is 338 g/mol. The van der Waals surface area contributed by atoms with Gasteiger partial charge in [0.2, 0.25) is 5.88 Å². The Morgan fingerprint density at radius 2 is 2.04 bits per heavy atom. The maximum absolute atomic E-state index is 9.67. The van der Waals surface area contributed by atoms with Gasteiger partial charge < -0.3 is 15.2 Å². The smallest absolute Gasteiger partial charge is 0.205 e. The van der Waals surface area contributed by atoms with E-state index in [1.54, 1.807) is 13.1 Å². The van der Waals surface area contributed by atoms with E-state index in [0.717, 1.165) is 22.4 Å². The van der Waals surface area contributed by atoms with E-state index in [9.17, 15) is 5.26 Å². The second-order valence-electron chi connectivity index (χ2n) is 6.09. The van der Waals surface area contributed by atoms with Crippen molar-refractivity contribution in [3.8, 4) is 17.3 Å². The average Bonchev–Trinajstić information content (AvgIpc) is 2.68. The minimum Gasteiger partial charge on any atom is -0.494 e. The minimum atomic E-state index is -0.388. The Labute approximate surface area is 159 Å². The highest BCUT2D eigenvalue weighted by Crippen LogP contribution is 2.42. The standard InChI is InChI=1S/C22H21N3O2/c1-4-26-14(2)20-15(3)27-22(24)18(13-23)21(20)17-10-8-16(9-11-17)19-7-5-6-12-25-19/h5-12,21H,2,4,24H2,1,3H3. The number of pyridine rings is 1. The van der Waals surface area contributed by atoms with Crippen molar-refractivity contribution < 1.29 is 9.47 Å². The van der Waals surface area contributed by atoms with Crippen molar-refractivity contribution in [3.63, 3.8) is 0 Å². The molecule has 3 rings (SSSR count). The predicted octanol–water partition coefficient (Wildman–Crippen LogP) is 4.38. The van der Waals surface area contributed by atoms with Crippen LogP contribution in [0, 0.1) is 11.3 Å². The monoisotopic (exact) mass is 359 g/mol. The summed E-state index contributed by atoms with van der Waals surface area (Å²) in [5.41, 5.74) is 9.85. The van der Waals surface area contributed by atoms with E-state index in [1.165, 1.54) is 0 Å². The molecule has 0 aliphatic carbocycles. The molecule has 1 aromatic carbocycles. The largest absolute Gasteiger partial charge is 0.494 e. The number of ether oxygens (including phenoxy) is 2. The predicted molar refractivity (Wildman–Crippen MR) is 104 cm³/mol. The lowest BCUT2D eigenvalue weighted by Gasteiger charge is -2.29. The van der Waals surface area contributed by atoms with E-state index in [4.69, 9.17) is 15.2 Å². The lowest BCUT2D eigenvalue weighted by Crippen LogP contribution is -2.21. The maximum Gasteiger partial charge on any atom is 0.205 e. The van der Waals surface area contributed by atoms with E-state index in [1.807, 2.05) is 49.4 Å². The van der Waals surface area contributed by atoms with Gasteiger partial charge in [0.1, 0.15) is 23.2 Å². The Morgan fingerprint density at radius 1 is 1.30 bits per heavy atom. The van der Waals surface area contributed by atoms with Gasteiger partial charge in [0.25, 0.3) is 0 Å². The Morgan fingerprint density at radius 3 is 2.63 bits per heavy atom. The van der Waals surface area contributed by atoms with Gasteiger partial charge in [0, 0.05) is 17.3 Å². The van der Waals surface area contributed by atoms with Crippen LogP contribution in [-0.2, 0) is 9.47 Å². The fourth-order valence-corrected chi connectivity index (χ4v) is 3.21. The third-order valence-corrected chi connectivity index (χ3v) is 4.43. The van der Waals surface area contributed by atoms with E-state index >= 15 is 0 Å². The van der Waals surface area contributed by atoms with E-state index in [0.29, 0.717) is 23.7 Å². The van der Waals surface area contributed by atoms with Crippen LogP contribution < -0.4 is 5.73 Å². The van der Waals surface area contributed by atoms with Crippen molar-refractivity contribution in [2.24, 2.45) is 5.73 Å². The van der Waals surface area contributed by atoms with Gasteiger partial charge in [-0.1, -0.05) is 36.9 Å². The van der Waals surface area contributed by atoms with Crippen molar-refractivity contribution in [2.75, 3.05) is 6.61 Å². The second kappa shape index (κ2) is 7.79. The minimum absolute atomic E-state index is 0.113. The highest BCUT2D eigenvalue weighted by atomic mass is 16.5. The van der Waals surface area contributed by atoms with E-state index in [2.05, 4.69) is 17.6 Å². The number of nitrogens with zero attached hydrogens (tertiary/aromatic N) is 2. The fraction of sp³-hybridized carbons (Fsp3) is 0.182.